The lowest BCUT2D eigenvalue weighted by atomic mass is 9.83. The SMILES string of the molecule is Cn1ncnc1C1c2n[nH]c(=O)c3cc(F)cc(c23)NC1c1ccc2c(c1)OCO2. The van der Waals surface area contributed by atoms with Gasteiger partial charge >= 0.3 is 0 Å². The number of H-pyrrole nitrogens is 1. The van der Waals surface area contributed by atoms with Crippen LogP contribution >= 0.6 is 0 Å². The van der Waals surface area contributed by atoms with Crippen LogP contribution < -0.4 is 20.3 Å². The predicted molar refractivity (Wildman–Crippen MR) is 104 cm³/mol. The first kappa shape index (κ1) is 17.0. The quantitative estimate of drug-likeness (QED) is 0.526. The summed E-state index contributed by atoms with van der Waals surface area (Å²) in [5, 5.41) is 15.3. The Balaban J connectivity index is 1.63. The van der Waals surface area contributed by atoms with Crippen molar-refractivity contribution < 1.29 is 13.9 Å². The van der Waals surface area contributed by atoms with Crippen molar-refractivity contribution in [3.8, 4) is 11.5 Å². The largest absolute Gasteiger partial charge is 0.454 e. The maximum atomic E-state index is 14.3. The summed E-state index contributed by atoms with van der Waals surface area (Å²) in [6, 6.07) is 7.87. The van der Waals surface area contributed by atoms with Gasteiger partial charge in [-0.3, -0.25) is 9.48 Å². The molecule has 2 N–H and O–H groups in total. The summed E-state index contributed by atoms with van der Waals surface area (Å²) in [6.45, 7) is 0.166. The highest BCUT2D eigenvalue weighted by atomic mass is 19.1. The van der Waals surface area contributed by atoms with Gasteiger partial charge in [-0.1, -0.05) is 6.07 Å². The Bertz CT molecular complexity index is 1380. The summed E-state index contributed by atoms with van der Waals surface area (Å²) in [5.41, 5.74) is 1.52. The molecule has 0 fully saturated rings. The van der Waals surface area contributed by atoms with Crippen molar-refractivity contribution in [3.63, 3.8) is 0 Å². The molecule has 2 aliphatic rings. The number of nitrogens with one attached hydrogen (secondary N) is 2. The van der Waals surface area contributed by atoms with E-state index in [1.54, 1.807) is 11.7 Å². The Morgan fingerprint density at radius 3 is 2.90 bits per heavy atom. The predicted octanol–water partition coefficient (Wildman–Crippen LogP) is 2.22. The van der Waals surface area contributed by atoms with Crippen molar-refractivity contribution in [2.75, 3.05) is 12.1 Å². The maximum Gasteiger partial charge on any atom is 0.272 e. The molecule has 2 atom stereocenters. The van der Waals surface area contributed by atoms with E-state index in [1.165, 1.54) is 18.5 Å². The van der Waals surface area contributed by atoms with Crippen LogP contribution in [-0.2, 0) is 7.05 Å². The molecule has 2 unspecified atom stereocenters. The van der Waals surface area contributed by atoms with E-state index in [0.29, 0.717) is 34.1 Å². The minimum Gasteiger partial charge on any atom is -0.454 e. The molecule has 4 heterocycles. The highest BCUT2D eigenvalue weighted by Crippen LogP contribution is 2.47. The van der Waals surface area contributed by atoms with Gasteiger partial charge in [-0.15, -0.1) is 0 Å². The molecule has 30 heavy (non-hydrogen) atoms. The summed E-state index contributed by atoms with van der Waals surface area (Å²) >= 11 is 0. The van der Waals surface area contributed by atoms with Gasteiger partial charge in [-0.05, 0) is 29.8 Å². The number of halogens is 1. The van der Waals surface area contributed by atoms with Crippen LogP contribution in [0.25, 0.3) is 10.8 Å². The summed E-state index contributed by atoms with van der Waals surface area (Å²) in [5.74, 6) is 1.06. The summed E-state index contributed by atoms with van der Waals surface area (Å²) in [7, 11) is 1.79. The van der Waals surface area contributed by atoms with Crippen molar-refractivity contribution in [3.05, 3.63) is 69.9 Å². The van der Waals surface area contributed by atoms with Gasteiger partial charge in [-0.25, -0.2) is 14.5 Å². The van der Waals surface area contributed by atoms with Gasteiger partial charge in [0.05, 0.1) is 23.0 Å². The molecule has 0 bridgehead atoms. The summed E-state index contributed by atoms with van der Waals surface area (Å²) < 4.78 is 26.9. The van der Waals surface area contributed by atoms with E-state index in [0.717, 1.165) is 5.56 Å². The lowest BCUT2D eigenvalue weighted by molar-refractivity contribution is 0.174. The van der Waals surface area contributed by atoms with Crippen LogP contribution in [0.1, 0.15) is 29.0 Å². The molecule has 0 saturated heterocycles. The first-order valence-electron chi connectivity index (χ1n) is 9.32. The van der Waals surface area contributed by atoms with E-state index in [-0.39, 0.29) is 18.2 Å². The average Bonchev–Trinajstić information content (AvgIpc) is 3.38. The minimum absolute atomic E-state index is 0.166. The van der Waals surface area contributed by atoms with Crippen molar-refractivity contribution in [1.82, 2.24) is 25.0 Å². The van der Waals surface area contributed by atoms with Crippen LogP contribution in [0.2, 0.25) is 0 Å². The average molecular weight is 406 g/mol. The molecule has 2 aliphatic heterocycles. The third-order valence-corrected chi connectivity index (χ3v) is 5.60. The molecule has 0 saturated carbocycles. The Hall–Kier alpha value is -3.95. The fraction of sp³-hybridized carbons (Fsp3) is 0.200. The van der Waals surface area contributed by atoms with Crippen molar-refractivity contribution >= 4 is 16.5 Å². The van der Waals surface area contributed by atoms with Gasteiger partial charge in [0.1, 0.15) is 18.0 Å². The Labute approximate surface area is 168 Å². The molecular weight excluding hydrogens is 391 g/mol. The molecular formula is C20H15FN6O3. The highest BCUT2D eigenvalue weighted by molar-refractivity contribution is 5.97. The minimum atomic E-state index is -0.505. The van der Waals surface area contributed by atoms with Crippen LogP contribution in [0.15, 0.2) is 41.5 Å². The van der Waals surface area contributed by atoms with E-state index in [4.69, 9.17) is 9.47 Å². The Morgan fingerprint density at radius 1 is 1.20 bits per heavy atom. The molecule has 10 heteroatoms. The van der Waals surface area contributed by atoms with Crippen LogP contribution in [0.3, 0.4) is 0 Å². The second kappa shape index (κ2) is 6.02. The number of hydrogen-bond donors (Lipinski definition) is 2. The first-order chi connectivity index (χ1) is 14.6. The second-order valence-electron chi connectivity index (χ2n) is 7.27. The van der Waals surface area contributed by atoms with Gasteiger partial charge in [0.15, 0.2) is 11.5 Å². The van der Waals surface area contributed by atoms with Gasteiger partial charge in [-0.2, -0.15) is 10.2 Å². The van der Waals surface area contributed by atoms with E-state index in [9.17, 15) is 9.18 Å². The first-order valence-corrected chi connectivity index (χ1v) is 9.32. The molecule has 4 aromatic rings. The monoisotopic (exact) mass is 406 g/mol. The Morgan fingerprint density at radius 2 is 2.07 bits per heavy atom. The van der Waals surface area contributed by atoms with Gasteiger partial charge in [0, 0.05) is 18.1 Å². The lowest BCUT2D eigenvalue weighted by Gasteiger charge is -2.33. The third-order valence-electron chi connectivity index (χ3n) is 5.60. The summed E-state index contributed by atoms with van der Waals surface area (Å²) in [6.07, 6.45) is 1.47. The lowest BCUT2D eigenvalue weighted by Crippen LogP contribution is -2.30. The van der Waals surface area contributed by atoms with Crippen molar-refractivity contribution in [1.29, 1.82) is 0 Å². The molecule has 6 rings (SSSR count). The van der Waals surface area contributed by atoms with Gasteiger partial charge in [0.2, 0.25) is 6.79 Å². The zero-order valence-corrected chi connectivity index (χ0v) is 15.7. The zero-order valence-electron chi connectivity index (χ0n) is 15.7. The topological polar surface area (TPSA) is 107 Å². The molecule has 9 nitrogen and oxygen atoms in total. The van der Waals surface area contributed by atoms with E-state index in [1.807, 2.05) is 18.2 Å². The number of aryl methyl sites for hydroxylation is 1. The maximum absolute atomic E-state index is 14.3. The fourth-order valence-electron chi connectivity index (χ4n) is 4.28. The smallest absolute Gasteiger partial charge is 0.272 e. The molecule has 0 aliphatic carbocycles. The van der Waals surface area contributed by atoms with Crippen LogP contribution in [0.5, 0.6) is 11.5 Å². The number of nitrogens with zero attached hydrogens (tertiary/aromatic N) is 4. The molecule has 2 aromatic carbocycles. The van der Waals surface area contributed by atoms with Gasteiger partial charge in [0.25, 0.3) is 5.56 Å². The zero-order chi connectivity index (χ0) is 20.4. The number of fused-ring (bicyclic) bond motifs is 1. The number of aromatic amines is 1. The highest BCUT2D eigenvalue weighted by Gasteiger charge is 2.38. The molecule has 0 radical (unpaired) electrons. The number of benzene rings is 2. The molecule has 150 valence electrons. The third kappa shape index (κ3) is 2.33. The van der Waals surface area contributed by atoms with Crippen LogP contribution in [0, 0.1) is 5.82 Å². The Kier molecular flexibility index (Phi) is 3.40. The van der Waals surface area contributed by atoms with E-state index >= 15 is 0 Å². The van der Waals surface area contributed by atoms with Crippen molar-refractivity contribution in [2.45, 2.75) is 12.0 Å². The fourth-order valence-corrected chi connectivity index (χ4v) is 4.28. The van der Waals surface area contributed by atoms with Crippen molar-refractivity contribution in [2.24, 2.45) is 7.05 Å². The van der Waals surface area contributed by atoms with Crippen LogP contribution in [-0.4, -0.2) is 31.8 Å². The summed E-state index contributed by atoms with van der Waals surface area (Å²) in [4.78, 5) is 16.8. The number of rotatable bonds is 2. The van der Waals surface area contributed by atoms with Gasteiger partial charge < -0.3 is 14.8 Å². The number of hydrogen-bond acceptors (Lipinski definition) is 7. The van der Waals surface area contributed by atoms with Crippen LogP contribution in [0.4, 0.5) is 10.1 Å². The second-order valence-corrected chi connectivity index (χ2v) is 7.27. The normalized spacial score (nSPS) is 19.1. The number of aromatic nitrogens is 5. The number of anilines is 1. The van der Waals surface area contributed by atoms with E-state index in [2.05, 4.69) is 25.6 Å². The molecule has 0 amide bonds. The standard InChI is InChI=1S/C20H15FN6O3/c1-27-19(22-7-23-27)16-17(9-2-3-13-14(4-9)30-8-29-13)24-12-6-10(21)5-11-15(12)18(16)25-26-20(11)28/h2-7,16-17,24H,8H2,1H3,(H,26,28). The molecule has 2 aromatic heterocycles. The molecule has 0 spiro atoms. The van der Waals surface area contributed by atoms with E-state index < -0.39 is 17.3 Å². The number of ether oxygens (including phenoxy) is 2.